The van der Waals surface area contributed by atoms with Crippen LogP contribution in [0.15, 0.2) is 48.6 Å². The van der Waals surface area contributed by atoms with Gasteiger partial charge in [0.25, 0.3) is 0 Å². The summed E-state index contributed by atoms with van der Waals surface area (Å²) in [6, 6.07) is 0. The Morgan fingerprint density at radius 1 is 0.575 bits per heavy atom. The van der Waals surface area contributed by atoms with E-state index in [1.807, 2.05) is 38.2 Å². The molecule has 80 heavy (non-hydrogen) atoms. The predicted molar refractivity (Wildman–Crippen MR) is 280 cm³/mol. The molecule has 0 saturated carbocycles. The fourth-order valence-electron chi connectivity index (χ4n) is 16.1. The quantitative estimate of drug-likeness (QED) is 0.222. The van der Waals surface area contributed by atoms with E-state index < -0.39 is 146 Å². The smallest absolute Gasteiger partial charge is 0.174 e. The number of aliphatic hydroxyl groups is 6. The maximum absolute atomic E-state index is 13.1. The van der Waals surface area contributed by atoms with Crippen LogP contribution in [0.3, 0.4) is 0 Å². The molecule has 13 aliphatic heterocycles. The van der Waals surface area contributed by atoms with Crippen LogP contribution in [0, 0.1) is 23.7 Å². The first kappa shape index (κ1) is 57.0. The lowest BCUT2D eigenvalue weighted by molar-refractivity contribution is -0.339. The van der Waals surface area contributed by atoms with Crippen molar-refractivity contribution >= 4 is 5.78 Å². The Kier molecular flexibility index (Phi) is 16.1. The number of carbonyl (C=O) groups excluding carboxylic acids is 1. The number of aliphatic hydroxyl groups excluding tert-OH is 6. The van der Waals surface area contributed by atoms with Crippen molar-refractivity contribution in [3.8, 4) is 0 Å². The third kappa shape index (κ3) is 10.5. The monoisotopic (exact) mass is 1130 g/mol. The number of carbonyl (C=O) groups is 1. The van der Waals surface area contributed by atoms with E-state index in [4.69, 9.17) is 61.6 Å². The summed E-state index contributed by atoms with van der Waals surface area (Å²) < 4.78 is 88.7. The summed E-state index contributed by atoms with van der Waals surface area (Å²) in [6.07, 6.45) is 4.12. The average Bonchev–Trinajstić information content (AvgIpc) is 3.51. The summed E-state index contributed by atoms with van der Waals surface area (Å²) >= 11 is 0. The van der Waals surface area contributed by atoms with Crippen molar-refractivity contribution in [1.82, 2.24) is 0 Å². The number of ether oxygens (including phenoxy) is 13. The highest BCUT2D eigenvalue weighted by Crippen LogP contribution is 2.52. The number of rotatable bonds is 3. The first-order valence-electron chi connectivity index (χ1n) is 30.2. The minimum atomic E-state index is -1.10. The molecule has 0 aliphatic carbocycles. The van der Waals surface area contributed by atoms with Crippen LogP contribution in [-0.2, 0) is 66.4 Å². The van der Waals surface area contributed by atoms with Gasteiger partial charge in [0.2, 0.25) is 0 Å². The van der Waals surface area contributed by atoms with Crippen LogP contribution in [0.1, 0.15) is 105 Å². The maximum atomic E-state index is 13.1. The Morgan fingerprint density at radius 2 is 1.20 bits per heavy atom. The summed E-state index contributed by atoms with van der Waals surface area (Å²) in [6.45, 7) is 10.2. The Balaban J connectivity index is 0.678. The van der Waals surface area contributed by atoms with Crippen LogP contribution >= 0.6 is 0 Å². The Morgan fingerprint density at radius 3 is 1.96 bits per heavy atom. The number of ketones is 1. The van der Waals surface area contributed by atoms with Crippen molar-refractivity contribution in [1.29, 1.82) is 0 Å². The maximum Gasteiger partial charge on any atom is 0.174 e. The Hall–Kier alpha value is -2.13. The molecule has 33 unspecified atom stereocenters. The molecule has 13 rings (SSSR count). The molecule has 0 bridgehead atoms. The molecule has 446 valence electrons. The van der Waals surface area contributed by atoms with E-state index in [1.165, 1.54) is 6.08 Å². The molecule has 13 aliphatic rings. The molecule has 20 nitrogen and oxygen atoms in total. The molecule has 33 atom stereocenters. The third-order valence-electron chi connectivity index (χ3n) is 20.8. The number of fused-ring (bicyclic) bond motifs is 11. The number of hydrogen-bond donors (Lipinski definition) is 6. The van der Waals surface area contributed by atoms with Gasteiger partial charge in [0.05, 0.1) is 129 Å². The SMILES string of the molecule is CC1CC2OC3C(CC2OC2CC4OC5CC=CCC6OC7C=CC8OC9C(CC8OC7C=CC6OC5CC(O)C4(C)OC2C1)OC1CC(=O)CC(C=CC(O)CO)OC1C9O)OC1C(C)C(C)C2(CC(O)CO2)OC1C(O)C3C. The summed E-state index contributed by atoms with van der Waals surface area (Å²) in [5.74, 6) is -1.33. The van der Waals surface area contributed by atoms with Gasteiger partial charge in [-0.1, -0.05) is 76.3 Å². The van der Waals surface area contributed by atoms with E-state index in [1.54, 1.807) is 6.08 Å². The van der Waals surface area contributed by atoms with Gasteiger partial charge in [-0.25, -0.2) is 0 Å². The van der Waals surface area contributed by atoms with Crippen molar-refractivity contribution in [3.05, 3.63) is 48.6 Å². The van der Waals surface area contributed by atoms with Gasteiger partial charge < -0.3 is 92.2 Å². The van der Waals surface area contributed by atoms with Crippen LogP contribution < -0.4 is 0 Å². The zero-order valence-electron chi connectivity index (χ0n) is 46.6. The van der Waals surface area contributed by atoms with Crippen LogP contribution in [0.25, 0.3) is 0 Å². The third-order valence-corrected chi connectivity index (χ3v) is 20.8. The first-order valence-corrected chi connectivity index (χ1v) is 30.2. The van der Waals surface area contributed by atoms with Crippen LogP contribution in [-0.4, -0.2) is 226 Å². The molecule has 0 radical (unpaired) electrons. The molecule has 1 spiro atoms. The highest BCUT2D eigenvalue weighted by Gasteiger charge is 2.63. The predicted octanol–water partition coefficient (Wildman–Crippen LogP) is 2.37. The van der Waals surface area contributed by atoms with Gasteiger partial charge in [0.1, 0.15) is 60.2 Å². The summed E-state index contributed by atoms with van der Waals surface area (Å²) in [7, 11) is 0. The lowest BCUT2D eigenvalue weighted by Gasteiger charge is -2.53. The van der Waals surface area contributed by atoms with E-state index in [0.717, 1.165) is 6.42 Å². The molecule has 6 N–H and O–H groups in total. The molecule has 10 fully saturated rings. The van der Waals surface area contributed by atoms with Crippen LogP contribution in [0.5, 0.6) is 0 Å². The van der Waals surface area contributed by atoms with Crippen molar-refractivity contribution in [3.63, 3.8) is 0 Å². The van der Waals surface area contributed by atoms with Gasteiger partial charge in [-0.3, -0.25) is 4.79 Å². The number of Topliss-reactive ketones (excluding diaryl/α,β-unsaturated/α-hetero) is 1. The van der Waals surface area contributed by atoms with E-state index in [-0.39, 0.29) is 91.9 Å². The van der Waals surface area contributed by atoms with E-state index >= 15 is 0 Å². The van der Waals surface area contributed by atoms with Crippen molar-refractivity contribution in [2.24, 2.45) is 23.7 Å². The summed E-state index contributed by atoms with van der Waals surface area (Å²) in [5.41, 5.74) is -1.06. The molecular weight excluding hydrogens is 1040 g/mol. The second kappa shape index (κ2) is 22.6. The molecule has 0 aromatic heterocycles. The van der Waals surface area contributed by atoms with Crippen molar-refractivity contribution in [2.75, 3.05) is 13.2 Å². The van der Waals surface area contributed by atoms with Gasteiger partial charge in [-0.15, -0.1) is 0 Å². The van der Waals surface area contributed by atoms with E-state index in [2.05, 4.69) is 32.9 Å². The molecule has 20 heteroatoms. The molecule has 0 aromatic rings. The summed E-state index contributed by atoms with van der Waals surface area (Å²) in [4.78, 5) is 13.1. The summed E-state index contributed by atoms with van der Waals surface area (Å²) in [5, 5.41) is 65.9. The molecule has 0 amide bonds. The zero-order valence-corrected chi connectivity index (χ0v) is 46.6. The van der Waals surface area contributed by atoms with Gasteiger partial charge >= 0.3 is 0 Å². The minimum Gasteiger partial charge on any atom is -0.393 e. The highest BCUT2D eigenvalue weighted by atomic mass is 16.7. The zero-order chi connectivity index (χ0) is 55.5. The number of hydrogen-bond acceptors (Lipinski definition) is 20. The van der Waals surface area contributed by atoms with Crippen molar-refractivity contribution < 1.29 is 97.0 Å². The van der Waals surface area contributed by atoms with Crippen LogP contribution in [0.2, 0.25) is 0 Å². The largest absolute Gasteiger partial charge is 0.393 e. The minimum absolute atomic E-state index is 0.0384. The fourth-order valence-corrected chi connectivity index (χ4v) is 16.1. The van der Waals surface area contributed by atoms with Gasteiger partial charge in [0.15, 0.2) is 5.79 Å². The Bertz CT molecular complexity index is 2340. The molecule has 10 saturated heterocycles. The molecular formula is C60H86O20. The molecule has 0 aromatic carbocycles. The highest BCUT2D eigenvalue weighted by molar-refractivity contribution is 5.80. The van der Waals surface area contributed by atoms with Crippen molar-refractivity contribution in [2.45, 2.75) is 281 Å². The van der Waals surface area contributed by atoms with Gasteiger partial charge in [0, 0.05) is 56.8 Å². The first-order chi connectivity index (χ1) is 38.4. The van der Waals surface area contributed by atoms with Gasteiger partial charge in [-0.2, -0.15) is 0 Å². The van der Waals surface area contributed by atoms with E-state index in [9.17, 15) is 35.4 Å². The fraction of sp³-hybridized carbons (Fsp3) is 0.850. The second-order valence-electron chi connectivity index (χ2n) is 26.2. The molecule has 13 heterocycles. The Labute approximate surface area is 468 Å². The normalized spacial score (nSPS) is 56.1. The average molecular weight is 1130 g/mol. The lowest BCUT2D eigenvalue weighted by Crippen LogP contribution is -2.64. The topological polar surface area (TPSA) is 258 Å². The standard InChI is InChI=1S/C60H86O20/c1-27-16-41-43(21-48-54(77-41)29(3)52(66)58-55(78-48)28(2)30(4)60(80-58)24-33(64)26-68-60)73-45-23-51-59(5,79-46(45)17-27)50(65)22-44-36(75-51)9-7-6-8-35-37(72-44)12-13-39-38(70-35)14-15-40-42(71-39)20-49-57(76-40)53(67)56-47(74-49)19-32(63)18-34(69-56)11-10-31(62)25-61/h6-7,10-15,27-31,33-58,61-62,64-67H,8-9,16-26H2,1-5H3. The van der Waals surface area contributed by atoms with Gasteiger partial charge in [-0.05, 0) is 44.4 Å². The van der Waals surface area contributed by atoms with E-state index in [0.29, 0.717) is 44.9 Å². The second-order valence-corrected chi connectivity index (χ2v) is 26.2. The van der Waals surface area contributed by atoms with Crippen LogP contribution in [0.4, 0.5) is 0 Å². The lowest BCUT2D eigenvalue weighted by atomic mass is 9.75.